The molecule has 39 nitrogen and oxygen atoms in total. The van der Waals surface area contributed by atoms with Gasteiger partial charge in [0.2, 0.25) is 18.2 Å². The van der Waals surface area contributed by atoms with Crippen molar-refractivity contribution in [2.75, 3.05) is 46.2 Å². The van der Waals surface area contributed by atoms with Gasteiger partial charge in [-0.2, -0.15) is 0 Å². The highest BCUT2D eigenvalue weighted by Gasteiger charge is 2.59. The Hall–Kier alpha value is -2.91. The van der Waals surface area contributed by atoms with Crippen LogP contribution in [-0.2, 0) is 80.7 Å². The fraction of sp³-hybridized carbons (Fsp3) is 0.940. The maximum atomic E-state index is 13.3. The third-order valence-corrected chi connectivity index (χ3v) is 16.2. The lowest BCUT2D eigenvalue weighted by atomic mass is 9.93. The SMILES string of the molecule is CC(=O)N[C@H]1[C@H](O[C@H]2[C@@H](O)[C@@H](CO[C@@H]3O[C@H](CO)[C@@H](O)[C@H](O[C@@H]4O[C@@H](C)[C@@H](O)[C@@H](O)[C@@H]4O)[C@H]3NC(C)=O)O[C@@H](O[C@H]3[C@H](O)[C@@H](O)[C@H](OC[C@@H](CO)NC=O)O[C@@H]3CO)[C@@H]2O)O[C@H](CO)[C@@H](O[C@@H]2O[C@@H](C)[C@@H](O)[C@@H](O)[C@@H]2O)[C@@H]1O[C@@H]1O[C@H](CO)[C@H](O)[C@H](O)[C@H]1O. The first-order valence-electron chi connectivity index (χ1n) is 28.5. The quantitative estimate of drug-likeness (QED) is 0.0377. The minimum Gasteiger partial charge on any atom is -0.394 e. The summed E-state index contributed by atoms with van der Waals surface area (Å²) in [7, 11) is 0. The van der Waals surface area contributed by atoms with Gasteiger partial charge in [-0.15, -0.1) is 0 Å². The summed E-state index contributed by atoms with van der Waals surface area (Å²) in [6, 6.07) is -4.67. The molecule has 0 bridgehead atoms. The predicted molar refractivity (Wildman–Crippen MR) is 276 cm³/mol. The molecule has 3 amide bonds. The molecule has 0 saturated carbocycles. The lowest BCUT2D eigenvalue weighted by Crippen LogP contribution is -2.71. The summed E-state index contributed by atoms with van der Waals surface area (Å²) in [5.74, 6) is -1.78. The van der Waals surface area contributed by atoms with Gasteiger partial charge < -0.3 is 179 Å². The lowest BCUT2D eigenvalue weighted by molar-refractivity contribution is -0.393. The number of amides is 3. The Kier molecular flexibility index (Phi) is 26.8. The molecule has 0 unspecified atom stereocenters. The van der Waals surface area contributed by atoms with E-state index in [0.29, 0.717) is 0 Å². The summed E-state index contributed by atoms with van der Waals surface area (Å²) in [6.07, 6.45) is -63.1. The van der Waals surface area contributed by atoms with Crippen LogP contribution >= 0.6 is 0 Å². The second kappa shape index (κ2) is 32.5. The number of aliphatic hydroxyl groups is 19. The van der Waals surface area contributed by atoms with Crippen molar-refractivity contribution in [2.45, 2.75) is 249 Å². The zero-order chi connectivity index (χ0) is 65.6. The highest BCUT2D eigenvalue weighted by molar-refractivity contribution is 5.73. The van der Waals surface area contributed by atoms with E-state index in [9.17, 15) is 111 Å². The molecule has 7 rings (SSSR count). The number of nitrogens with one attached hydrogen (secondary N) is 3. The van der Waals surface area contributed by atoms with Crippen LogP contribution in [0.2, 0.25) is 0 Å². The van der Waals surface area contributed by atoms with E-state index < -0.39 is 279 Å². The second-order valence-electron chi connectivity index (χ2n) is 22.5. The molecule has 39 heteroatoms. The Morgan fingerprint density at radius 3 is 1.31 bits per heavy atom. The topological polar surface area (TPSA) is 601 Å². The first kappa shape index (κ1) is 73.5. The van der Waals surface area contributed by atoms with E-state index in [-0.39, 0.29) is 6.41 Å². The third-order valence-electron chi connectivity index (χ3n) is 16.2. The molecule has 0 spiro atoms. The van der Waals surface area contributed by atoms with Crippen LogP contribution in [-0.4, -0.2) is 382 Å². The minimum absolute atomic E-state index is 0.247. The Bertz CT molecular complexity index is 2210. The van der Waals surface area contributed by atoms with Gasteiger partial charge in [0.25, 0.3) is 0 Å². The Labute approximate surface area is 505 Å². The maximum Gasteiger partial charge on any atom is 0.217 e. The second-order valence-corrected chi connectivity index (χ2v) is 22.5. The molecule has 7 saturated heterocycles. The smallest absolute Gasteiger partial charge is 0.217 e. The molecule has 0 radical (unpaired) electrons. The summed E-state index contributed by atoms with van der Waals surface area (Å²) in [5.41, 5.74) is 0. The first-order valence-corrected chi connectivity index (χ1v) is 28.5. The number of hydrogen-bond donors (Lipinski definition) is 22. The van der Waals surface area contributed by atoms with Crippen molar-refractivity contribution in [3.63, 3.8) is 0 Å². The van der Waals surface area contributed by atoms with Crippen LogP contribution in [0.15, 0.2) is 0 Å². The molecule has 7 aliphatic heterocycles. The van der Waals surface area contributed by atoms with Crippen LogP contribution in [0.25, 0.3) is 0 Å². The maximum absolute atomic E-state index is 13.3. The molecule has 36 atom stereocenters. The zero-order valence-corrected chi connectivity index (χ0v) is 48.2. The highest BCUT2D eigenvalue weighted by Crippen LogP contribution is 2.38. The van der Waals surface area contributed by atoms with Gasteiger partial charge in [0.15, 0.2) is 44.0 Å². The molecule has 0 aliphatic carbocycles. The van der Waals surface area contributed by atoms with Gasteiger partial charge in [-0.3, -0.25) is 14.4 Å². The first-order chi connectivity index (χ1) is 42.1. The summed E-state index contributed by atoms with van der Waals surface area (Å²) in [4.78, 5) is 37.2. The molecule has 7 heterocycles. The number of carbonyl (C=O) groups excluding carboxylic acids is 3. The fourth-order valence-corrected chi connectivity index (χ4v) is 11.2. The normalized spacial score (nSPS) is 48.5. The monoisotopic (exact) mass is 1300 g/mol. The fourth-order valence-electron chi connectivity index (χ4n) is 11.2. The van der Waals surface area contributed by atoms with Crippen molar-refractivity contribution in [2.24, 2.45) is 0 Å². The summed E-state index contributed by atoms with van der Waals surface area (Å²) in [5, 5.41) is 215. The van der Waals surface area contributed by atoms with Gasteiger partial charge in [0, 0.05) is 13.8 Å². The Balaban J connectivity index is 1.25. The van der Waals surface area contributed by atoms with Crippen LogP contribution in [0.5, 0.6) is 0 Å². The summed E-state index contributed by atoms with van der Waals surface area (Å²) < 4.78 is 82.8. The average molecular weight is 1300 g/mol. The number of carbonyl (C=O) groups is 3. The van der Waals surface area contributed by atoms with E-state index in [0.717, 1.165) is 13.8 Å². The zero-order valence-electron chi connectivity index (χ0n) is 48.2. The van der Waals surface area contributed by atoms with Crippen molar-refractivity contribution < 1.29 is 178 Å². The van der Waals surface area contributed by atoms with Gasteiger partial charge in [-0.25, -0.2) is 0 Å². The van der Waals surface area contributed by atoms with E-state index >= 15 is 0 Å². The number of hydrogen-bond acceptors (Lipinski definition) is 36. The molecule has 0 aromatic carbocycles. The van der Waals surface area contributed by atoms with Gasteiger partial charge in [-0.1, -0.05) is 0 Å². The third kappa shape index (κ3) is 16.6. The standard InChI is InChI=1S/C50H85N3O36/c1-13-25(62)30(67)34(71)47(78-13)86-40-21(9-58)82-45(24(53-16(4)61)42(40)88-49-36(73)32(69)27(64)18(6-55)81-49)89-43-29(66)22(84-50(38(43)75)85-39-20(8-57)83-46(37(74)33(39)70)76-10-17(5-54)51-12-59)11-77-44-23(52-15(3)60)41(28(65)19(7-56)80-44)87-48-35(72)31(68)26(63)14(2)79-48/h12-14,17-50,54-58,62-75H,5-11H2,1-4H3,(H,51,59)(H,52,60)(H,53,61)/t13-,14-,17+,18+,19+,20+,21+,22+,23+,24+,25+,26+,27-,28+,29-,30+,31+,32-,33+,34-,35-,36+,37+,38+,39+,40+,41+,42+,43-,44+,45-,46+,47-,48-,49-,50-/m0/s1. The molecule has 7 aliphatic rings. The van der Waals surface area contributed by atoms with Crippen molar-refractivity contribution in [3.05, 3.63) is 0 Å². The van der Waals surface area contributed by atoms with Crippen molar-refractivity contribution in [3.8, 4) is 0 Å². The van der Waals surface area contributed by atoms with E-state index in [4.69, 9.17) is 66.3 Å². The van der Waals surface area contributed by atoms with Crippen molar-refractivity contribution >= 4 is 18.2 Å². The molecule has 0 aromatic rings. The van der Waals surface area contributed by atoms with Crippen molar-refractivity contribution in [1.29, 1.82) is 0 Å². The number of aliphatic hydroxyl groups excluding tert-OH is 19. The number of rotatable bonds is 25. The Morgan fingerprint density at radius 2 is 0.787 bits per heavy atom. The average Bonchev–Trinajstić information content (AvgIpc) is 2.52. The van der Waals surface area contributed by atoms with Gasteiger partial charge in [-0.05, 0) is 13.8 Å². The van der Waals surface area contributed by atoms with Crippen LogP contribution < -0.4 is 16.0 Å². The van der Waals surface area contributed by atoms with Crippen LogP contribution in [0.1, 0.15) is 27.7 Å². The van der Waals surface area contributed by atoms with Gasteiger partial charge >= 0.3 is 0 Å². The van der Waals surface area contributed by atoms with Crippen LogP contribution in [0, 0.1) is 0 Å². The van der Waals surface area contributed by atoms with Crippen LogP contribution in [0.3, 0.4) is 0 Å². The molecule has 516 valence electrons. The van der Waals surface area contributed by atoms with E-state index in [1.807, 2.05) is 0 Å². The molecule has 0 aromatic heterocycles. The molecular weight excluding hydrogens is 1220 g/mol. The van der Waals surface area contributed by atoms with Gasteiger partial charge in [0.05, 0.1) is 64.5 Å². The molecular formula is C50H85N3O36. The largest absolute Gasteiger partial charge is 0.394 e. The molecule has 22 N–H and O–H groups in total. The van der Waals surface area contributed by atoms with E-state index in [2.05, 4.69) is 16.0 Å². The summed E-state index contributed by atoms with van der Waals surface area (Å²) >= 11 is 0. The molecule has 89 heavy (non-hydrogen) atoms. The number of ether oxygens (including phenoxy) is 14. The van der Waals surface area contributed by atoms with E-state index in [1.165, 1.54) is 13.8 Å². The van der Waals surface area contributed by atoms with E-state index in [1.54, 1.807) is 0 Å². The lowest BCUT2D eigenvalue weighted by Gasteiger charge is -2.52. The minimum atomic E-state index is -2.39. The molecule has 7 fully saturated rings. The van der Waals surface area contributed by atoms with Gasteiger partial charge in [0.1, 0.15) is 159 Å². The van der Waals surface area contributed by atoms with Crippen LogP contribution in [0.4, 0.5) is 0 Å². The summed E-state index contributed by atoms with van der Waals surface area (Å²) in [6.45, 7) is -1.72. The highest BCUT2D eigenvalue weighted by atomic mass is 16.8. The predicted octanol–water partition coefficient (Wildman–Crippen LogP) is -14.8. The Morgan fingerprint density at radius 1 is 0.393 bits per heavy atom. The van der Waals surface area contributed by atoms with Crippen molar-refractivity contribution in [1.82, 2.24) is 16.0 Å².